The number of hydrogen-bond acceptors (Lipinski definition) is 1. The zero-order valence-corrected chi connectivity index (χ0v) is 59.9. The maximum absolute atomic E-state index is 6.70. The van der Waals surface area contributed by atoms with Gasteiger partial charge in [0.2, 0.25) is 0 Å². The minimum absolute atomic E-state index is 0. The molecule has 11 rings (SSSR count). The molecule has 1 aromatic heterocycles. The fourth-order valence-electron chi connectivity index (χ4n) is 10.2. The number of rotatable bonds is 14. The van der Waals surface area contributed by atoms with Crippen LogP contribution in [0.3, 0.4) is 0 Å². The molecule has 0 N–H and O–H groups in total. The summed E-state index contributed by atoms with van der Waals surface area (Å²) in [5.74, 6) is 8.86. The van der Waals surface area contributed by atoms with Crippen molar-refractivity contribution in [3.63, 3.8) is 0 Å². The Morgan fingerprint density at radius 1 is 0.333 bits per heavy atom. The Bertz CT molecular complexity index is 3030. The van der Waals surface area contributed by atoms with E-state index in [9.17, 15) is 0 Å². The largest absolute Gasteiger partial charge is 2.00 e. The van der Waals surface area contributed by atoms with Crippen molar-refractivity contribution in [2.75, 3.05) is 24.6 Å². The molecule has 7 heteroatoms. The van der Waals surface area contributed by atoms with Gasteiger partial charge in [0.15, 0.2) is 0 Å². The number of allylic oxidation sites excluding steroid dienone is 2. The van der Waals surface area contributed by atoms with Gasteiger partial charge in [-0.15, -0.1) is 26.0 Å². The van der Waals surface area contributed by atoms with Crippen molar-refractivity contribution in [2.24, 2.45) is 0 Å². The van der Waals surface area contributed by atoms with E-state index in [1.165, 1.54) is 135 Å². The standard InChI is InChI=1S/2C26H24P2.2C10H15.C8H2S.2Ru/c2*1-5-13-23(14-6-1)27(24-15-7-2-8-16-24)21-22-28(25-17-9-3-10-18-25)26-19-11-4-12-20-26;2*1-6-7(2)9(4)10(5)8(6)3;1-3-7-5-6-8(4-2)9-7;;/h2*1-20H,21-22H2;2*1-5H3;5-6H;;/q;;2*-1;-2;2*+2. The first-order valence-electron chi connectivity index (χ1n) is 29.2. The molecule has 0 saturated carbocycles. The minimum Gasteiger partial charge on any atom is -0.365 e. The third-order valence-corrected chi connectivity index (χ3v) is 27.8. The van der Waals surface area contributed by atoms with Crippen LogP contribution in [0.4, 0.5) is 0 Å². The molecule has 0 spiro atoms. The zero-order chi connectivity index (χ0) is 60.5. The molecule has 0 unspecified atom stereocenters. The van der Waals surface area contributed by atoms with Crippen LogP contribution in [0.2, 0.25) is 0 Å². The van der Waals surface area contributed by atoms with Gasteiger partial charge in [-0.25, -0.2) is 17.1 Å². The summed E-state index contributed by atoms with van der Waals surface area (Å²) in [5, 5.41) is 11.8. The number of benzene rings is 8. The second-order valence-corrected chi connectivity index (χ2v) is 31.4. The van der Waals surface area contributed by atoms with Gasteiger partial charge in [-0.3, -0.25) is 11.8 Å². The maximum atomic E-state index is 6.70. The third kappa shape index (κ3) is 21.1. The average molecular weight is 1400 g/mol. The van der Waals surface area contributed by atoms with Crippen molar-refractivity contribution in [1.29, 1.82) is 0 Å². The van der Waals surface area contributed by atoms with Gasteiger partial charge in [-0.05, 0) is 98.8 Å². The summed E-state index contributed by atoms with van der Waals surface area (Å²) >= 11 is 1.34. The molecule has 1 aliphatic carbocycles. The summed E-state index contributed by atoms with van der Waals surface area (Å²) in [6, 6.07) is 91.9. The second-order valence-electron chi connectivity index (χ2n) is 21.0. The van der Waals surface area contributed by atoms with Crippen LogP contribution >= 0.6 is 43.0 Å². The molecule has 9 aromatic carbocycles. The molecule has 1 aliphatic rings. The van der Waals surface area contributed by atoms with Crippen molar-refractivity contribution in [3.05, 3.63) is 334 Å². The van der Waals surface area contributed by atoms with Gasteiger partial charge in [-0.1, -0.05) is 320 Å². The topological polar surface area (TPSA) is 0 Å². The van der Waals surface area contributed by atoms with Crippen molar-refractivity contribution < 1.29 is 39.0 Å². The van der Waals surface area contributed by atoms with Gasteiger partial charge >= 0.3 is 39.0 Å². The van der Waals surface area contributed by atoms with E-state index in [4.69, 9.17) is 12.8 Å². The molecule has 0 bridgehead atoms. The third-order valence-electron chi connectivity index (χ3n) is 16.1. The predicted octanol–water partition coefficient (Wildman–Crippen LogP) is 18.2. The monoisotopic (exact) mass is 1400 g/mol. The minimum atomic E-state index is -0.348. The second kappa shape index (κ2) is 38.1. The molecule has 1 heterocycles. The molecule has 87 heavy (non-hydrogen) atoms. The Morgan fingerprint density at radius 3 is 0.655 bits per heavy atom. The summed E-state index contributed by atoms with van der Waals surface area (Å²) in [4.78, 5) is 1.48. The summed E-state index contributed by atoms with van der Waals surface area (Å²) < 4.78 is 0. The van der Waals surface area contributed by atoms with Crippen LogP contribution in [-0.4, -0.2) is 24.6 Å². The molecular formula is C80H80P4Ru2S. The Hall–Kier alpha value is -5.49. The fraction of sp³-hybridized carbons (Fsp3) is 0.175. The fourth-order valence-corrected chi connectivity index (χ4v) is 21.5. The van der Waals surface area contributed by atoms with Gasteiger partial charge in [0.25, 0.3) is 0 Å². The van der Waals surface area contributed by atoms with E-state index in [0.29, 0.717) is 0 Å². The number of thiophene rings is 1. The van der Waals surface area contributed by atoms with E-state index in [1.807, 2.05) is 0 Å². The molecule has 2 radical (unpaired) electrons. The van der Waals surface area contributed by atoms with Crippen LogP contribution in [0.1, 0.15) is 72.2 Å². The smallest absolute Gasteiger partial charge is 0.365 e. The molecule has 0 aliphatic heterocycles. The van der Waals surface area contributed by atoms with E-state index in [0.717, 1.165) is 9.75 Å². The van der Waals surface area contributed by atoms with Crippen LogP contribution in [0, 0.1) is 77.1 Å². The predicted molar refractivity (Wildman–Crippen MR) is 383 cm³/mol. The molecule has 442 valence electrons. The summed E-state index contributed by atoms with van der Waals surface area (Å²) in [6.07, 6.45) is 18.2. The average Bonchev–Trinajstić information content (AvgIpc) is 3.36. The van der Waals surface area contributed by atoms with Crippen molar-refractivity contribution in [1.82, 2.24) is 0 Å². The van der Waals surface area contributed by atoms with Crippen molar-refractivity contribution in [2.45, 2.75) is 69.2 Å². The Balaban J connectivity index is 0.000000216. The van der Waals surface area contributed by atoms with Crippen LogP contribution in [-0.2, 0) is 39.0 Å². The van der Waals surface area contributed by atoms with E-state index in [2.05, 4.69) is 324 Å². The molecule has 0 amide bonds. The number of hydrogen-bond donors (Lipinski definition) is 0. The van der Waals surface area contributed by atoms with Crippen molar-refractivity contribution >= 4 is 85.5 Å². The molecule has 0 saturated heterocycles. The Kier molecular flexibility index (Phi) is 31.7. The summed E-state index contributed by atoms with van der Waals surface area (Å²) in [7, 11) is -1.39. The molecule has 0 atom stereocenters. The van der Waals surface area contributed by atoms with Crippen molar-refractivity contribution in [3.8, 4) is 11.8 Å². The molecular weight excluding hydrogens is 1320 g/mol. The molecule has 10 aromatic rings. The first-order chi connectivity index (χ1) is 41.3. The Morgan fingerprint density at radius 2 is 0.540 bits per heavy atom. The molecule has 0 fully saturated rings. The summed E-state index contributed by atoms with van der Waals surface area (Å²) in [5.41, 5.74) is 10.3. The van der Waals surface area contributed by atoms with E-state index in [-0.39, 0.29) is 70.6 Å². The van der Waals surface area contributed by atoms with Gasteiger partial charge < -0.3 is 24.2 Å². The van der Waals surface area contributed by atoms with Crippen LogP contribution < -0.4 is 42.4 Å². The van der Waals surface area contributed by atoms with Gasteiger partial charge in [0.05, 0.1) is 0 Å². The zero-order valence-electron chi connectivity index (χ0n) is 52.0. The van der Waals surface area contributed by atoms with Gasteiger partial charge in [0.1, 0.15) is 0 Å². The first kappa shape index (κ1) is 72.3. The van der Waals surface area contributed by atoms with Crippen LogP contribution in [0.5, 0.6) is 0 Å². The summed E-state index contributed by atoms with van der Waals surface area (Å²) in [6.45, 7) is 22.0. The van der Waals surface area contributed by atoms with Gasteiger partial charge in [0, 0.05) is 0 Å². The van der Waals surface area contributed by atoms with E-state index in [1.54, 1.807) is 12.1 Å². The first-order valence-corrected chi connectivity index (χ1v) is 36.1. The SMILES string of the molecule is C[C]1[C](C)[C-](C)C(C)=C1C.Cc1c(C)c(C)[c-](C)c1C.[C-]#Cc1ccc(C#[C-])s1.[Ru+2].[Ru+2].c1ccc(P(CCP(c2ccccc2)c2ccccc2)c2ccccc2)cc1.c1ccc(P(CCP(c2ccccc2)c2ccccc2)c2ccccc2)cc1. The van der Waals surface area contributed by atoms with Crippen LogP contribution in [0.15, 0.2) is 266 Å². The van der Waals surface area contributed by atoms with E-state index >= 15 is 0 Å². The van der Waals surface area contributed by atoms with Crippen LogP contribution in [0.25, 0.3) is 0 Å². The quantitative estimate of drug-likeness (QED) is 0.0441. The normalized spacial score (nSPS) is 11.8. The Labute approximate surface area is 559 Å². The maximum Gasteiger partial charge on any atom is 2.00 e. The van der Waals surface area contributed by atoms with Gasteiger partial charge in [-0.2, -0.15) is 27.8 Å². The molecule has 0 nitrogen and oxygen atoms in total. The van der Waals surface area contributed by atoms with E-state index < -0.39 is 0 Å².